The van der Waals surface area contributed by atoms with E-state index >= 15 is 0 Å². The number of pyridine rings is 1. The van der Waals surface area contributed by atoms with Gasteiger partial charge in [0.25, 0.3) is 0 Å². The van der Waals surface area contributed by atoms with Gasteiger partial charge in [0.2, 0.25) is 11.8 Å². The molecule has 1 amide bonds. The summed E-state index contributed by atoms with van der Waals surface area (Å²) in [5, 5.41) is 2.77. The molecule has 0 spiro atoms. The smallest absolute Gasteiger partial charge is 0.356 e. The summed E-state index contributed by atoms with van der Waals surface area (Å²) in [6, 6.07) is 8.46. The third kappa shape index (κ3) is 3.10. The number of hydrogen-bond acceptors (Lipinski definition) is 6. The van der Waals surface area contributed by atoms with Crippen molar-refractivity contribution in [3.63, 3.8) is 0 Å². The van der Waals surface area contributed by atoms with Crippen LogP contribution in [0, 0.1) is 0 Å². The van der Waals surface area contributed by atoms with Crippen molar-refractivity contribution in [2.24, 2.45) is 0 Å². The number of anilines is 1. The molecular formula is C17H15N3O4. The Morgan fingerprint density at radius 2 is 2.08 bits per heavy atom. The monoisotopic (exact) mass is 325 g/mol. The molecule has 1 N–H and O–H groups in total. The third-order valence-corrected chi connectivity index (χ3v) is 3.39. The molecule has 122 valence electrons. The van der Waals surface area contributed by atoms with Crippen LogP contribution in [0.2, 0.25) is 0 Å². The van der Waals surface area contributed by atoms with Crippen molar-refractivity contribution in [1.82, 2.24) is 9.97 Å². The van der Waals surface area contributed by atoms with E-state index in [0.29, 0.717) is 34.7 Å². The van der Waals surface area contributed by atoms with Gasteiger partial charge in [0, 0.05) is 23.9 Å². The number of amides is 1. The minimum Gasteiger partial charge on any atom is -0.464 e. The molecule has 2 heterocycles. The zero-order valence-corrected chi connectivity index (χ0v) is 13.2. The topological polar surface area (TPSA) is 94.3 Å². The molecule has 0 aliphatic heterocycles. The molecule has 24 heavy (non-hydrogen) atoms. The van der Waals surface area contributed by atoms with Gasteiger partial charge in [-0.3, -0.25) is 4.79 Å². The Kier molecular flexibility index (Phi) is 4.24. The van der Waals surface area contributed by atoms with Crippen LogP contribution in [0.1, 0.15) is 23.8 Å². The summed E-state index contributed by atoms with van der Waals surface area (Å²) < 4.78 is 10.4. The van der Waals surface area contributed by atoms with E-state index in [1.54, 1.807) is 37.3 Å². The molecular weight excluding hydrogens is 310 g/mol. The number of nitrogens with one attached hydrogen (secondary N) is 1. The highest BCUT2D eigenvalue weighted by atomic mass is 16.5. The first kappa shape index (κ1) is 15.7. The predicted molar refractivity (Wildman–Crippen MR) is 87.5 cm³/mol. The highest BCUT2D eigenvalue weighted by Crippen LogP contribution is 2.26. The van der Waals surface area contributed by atoms with Crippen LogP contribution in [-0.2, 0) is 9.53 Å². The molecule has 7 nitrogen and oxygen atoms in total. The molecule has 3 aromatic rings. The average molecular weight is 325 g/mol. The van der Waals surface area contributed by atoms with Crippen LogP contribution in [0.4, 0.5) is 5.69 Å². The first-order valence-corrected chi connectivity index (χ1v) is 7.36. The molecule has 0 aliphatic rings. The van der Waals surface area contributed by atoms with E-state index in [4.69, 9.17) is 4.42 Å². The molecule has 0 fully saturated rings. The van der Waals surface area contributed by atoms with Crippen LogP contribution < -0.4 is 5.32 Å². The molecule has 0 bridgehead atoms. The van der Waals surface area contributed by atoms with Gasteiger partial charge in [-0.1, -0.05) is 6.92 Å². The van der Waals surface area contributed by atoms with Gasteiger partial charge in [0.15, 0.2) is 5.58 Å². The fourth-order valence-corrected chi connectivity index (χ4v) is 2.16. The maximum atomic E-state index is 11.6. The lowest BCUT2D eigenvalue weighted by molar-refractivity contribution is -0.115. The molecule has 7 heteroatoms. The predicted octanol–water partition coefficient (Wildman–Crippen LogP) is 3.02. The number of benzene rings is 1. The SMILES string of the molecule is CCC(=O)Nc1ccc2oc(-c3ccnc(C(=O)OC)c3)nc2c1. The molecule has 3 rings (SSSR count). The van der Waals surface area contributed by atoms with Crippen LogP contribution in [0.3, 0.4) is 0 Å². The van der Waals surface area contributed by atoms with Gasteiger partial charge in [-0.2, -0.15) is 0 Å². The number of methoxy groups -OCH3 is 1. The fraction of sp³-hybridized carbons (Fsp3) is 0.176. The number of esters is 1. The lowest BCUT2D eigenvalue weighted by Crippen LogP contribution is -2.08. The Morgan fingerprint density at radius 1 is 1.25 bits per heavy atom. The summed E-state index contributed by atoms with van der Waals surface area (Å²) in [7, 11) is 1.29. The van der Waals surface area contributed by atoms with Crippen molar-refractivity contribution in [2.75, 3.05) is 12.4 Å². The van der Waals surface area contributed by atoms with Crippen molar-refractivity contribution < 1.29 is 18.7 Å². The van der Waals surface area contributed by atoms with E-state index in [0.717, 1.165) is 0 Å². The van der Waals surface area contributed by atoms with Gasteiger partial charge >= 0.3 is 5.97 Å². The quantitative estimate of drug-likeness (QED) is 0.741. The summed E-state index contributed by atoms with van der Waals surface area (Å²) in [6.45, 7) is 1.78. The molecule has 0 atom stereocenters. The number of aromatic nitrogens is 2. The molecule has 0 saturated heterocycles. The van der Waals surface area contributed by atoms with Crippen LogP contribution in [0.15, 0.2) is 40.9 Å². The Morgan fingerprint density at radius 3 is 2.83 bits per heavy atom. The summed E-state index contributed by atoms with van der Waals surface area (Å²) in [5.41, 5.74) is 2.62. The Bertz CT molecular complexity index is 917. The second kappa shape index (κ2) is 6.49. The number of carbonyl (C=O) groups excluding carboxylic acids is 2. The second-order valence-corrected chi connectivity index (χ2v) is 5.02. The van der Waals surface area contributed by atoms with E-state index in [9.17, 15) is 9.59 Å². The van der Waals surface area contributed by atoms with Crippen molar-refractivity contribution in [3.05, 3.63) is 42.2 Å². The number of hydrogen-bond donors (Lipinski definition) is 1. The standard InChI is InChI=1S/C17H15N3O4/c1-3-15(21)19-11-4-5-14-12(9-11)20-16(24-14)10-6-7-18-13(8-10)17(22)23-2/h4-9H,3H2,1-2H3,(H,19,21). The second-order valence-electron chi connectivity index (χ2n) is 5.02. The molecule has 0 unspecified atom stereocenters. The minimum absolute atomic E-state index is 0.0741. The number of nitrogens with zero attached hydrogens (tertiary/aromatic N) is 2. The first-order chi connectivity index (χ1) is 11.6. The number of ether oxygens (including phenoxy) is 1. The maximum absolute atomic E-state index is 11.6. The van der Waals surface area contributed by atoms with Gasteiger partial charge in [0.1, 0.15) is 11.2 Å². The summed E-state index contributed by atoms with van der Waals surface area (Å²) >= 11 is 0. The largest absolute Gasteiger partial charge is 0.464 e. The zero-order chi connectivity index (χ0) is 17.1. The lowest BCUT2D eigenvalue weighted by Gasteiger charge is -2.01. The highest BCUT2D eigenvalue weighted by Gasteiger charge is 2.13. The van der Waals surface area contributed by atoms with Crippen molar-refractivity contribution >= 4 is 28.7 Å². The first-order valence-electron chi connectivity index (χ1n) is 7.36. The van der Waals surface area contributed by atoms with E-state index in [2.05, 4.69) is 20.0 Å². The summed E-state index contributed by atoms with van der Waals surface area (Å²) in [4.78, 5) is 31.4. The van der Waals surface area contributed by atoms with Crippen molar-refractivity contribution in [3.8, 4) is 11.5 Å². The molecule has 0 aliphatic carbocycles. The fourth-order valence-electron chi connectivity index (χ4n) is 2.16. The van der Waals surface area contributed by atoms with Gasteiger partial charge in [-0.15, -0.1) is 0 Å². The van der Waals surface area contributed by atoms with Crippen LogP contribution in [0.25, 0.3) is 22.6 Å². The number of rotatable bonds is 4. The maximum Gasteiger partial charge on any atom is 0.356 e. The highest BCUT2D eigenvalue weighted by molar-refractivity contribution is 5.93. The molecule has 1 aromatic carbocycles. The van der Waals surface area contributed by atoms with Crippen LogP contribution in [0.5, 0.6) is 0 Å². The van der Waals surface area contributed by atoms with E-state index in [1.165, 1.54) is 13.3 Å². The summed E-state index contributed by atoms with van der Waals surface area (Å²) in [6.07, 6.45) is 1.89. The molecule has 0 saturated carbocycles. The van der Waals surface area contributed by atoms with Gasteiger partial charge in [-0.25, -0.2) is 14.8 Å². The minimum atomic E-state index is -0.530. The molecule has 2 aromatic heterocycles. The normalized spacial score (nSPS) is 10.6. The zero-order valence-electron chi connectivity index (χ0n) is 13.2. The van der Waals surface area contributed by atoms with E-state index < -0.39 is 5.97 Å². The van der Waals surface area contributed by atoms with Gasteiger partial charge in [0.05, 0.1) is 7.11 Å². The average Bonchev–Trinajstić information content (AvgIpc) is 3.04. The van der Waals surface area contributed by atoms with Gasteiger partial charge in [-0.05, 0) is 30.3 Å². The third-order valence-electron chi connectivity index (χ3n) is 3.39. The Labute approximate surface area is 137 Å². The lowest BCUT2D eigenvalue weighted by atomic mass is 10.2. The van der Waals surface area contributed by atoms with Crippen LogP contribution in [-0.4, -0.2) is 29.0 Å². The number of carbonyl (C=O) groups is 2. The molecule has 0 radical (unpaired) electrons. The number of fused-ring (bicyclic) bond motifs is 1. The summed E-state index contributed by atoms with van der Waals surface area (Å²) in [5.74, 6) is -0.246. The van der Waals surface area contributed by atoms with Crippen molar-refractivity contribution in [2.45, 2.75) is 13.3 Å². The van der Waals surface area contributed by atoms with E-state index in [-0.39, 0.29) is 11.6 Å². The van der Waals surface area contributed by atoms with Crippen LogP contribution >= 0.6 is 0 Å². The number of oxazole rings is 1. The van der Waals surface area contributed by atoms with Crippen molar-refractivity contribution in [1.29, 1.82) is 0 Å². The van der Waals surface area contributed by atoms with E-state index in [1.807, 2.05) is 0 Å². The Balaban J connectivity index is 1.96. The van der Waals surface area contributed by atoms with Gasteiger partial charge < -0.3 is 14.5 Å². The Hall–Kier alpha value is -3.22.